The van der Waals surface area contributed by atoms with Crippen LogP contribution >= 0.6 is 11.8 Å². The van der Waals surface area contributed by atoms with Crippen molar-refractivity contribution in [1.29, 1.82) is 0 Å². The van der Waals surface area contributed by atoms with Gasteiger partial charge in [0.05, 0.1) is 18.4 Å². The summed E-state index contributed by atoms with van der Waals surface area (Å²) in [7, 11) is 3.48. The number of anilines is 1. The van der Waals surface area contributed by atoms with Crippen molar-refractivity contribution in [2.45, 2.75) is 25.5 Å². The number of benzene rings is 2. The molecule has 0 spiro atoms. The van der Waals surface area contributed by atoms with Gasteiger partial charge in [-0.05, 0) is 44.2 Å². The van der Waals surface area contributed by atoms with Gasteiger partial charge < -0.3 is 14.2 Å². The van der Waals surface area contributed by atoms with Crippen molar-refractivity contribution < 1.29 is 9.53 Å². The third-order valence-corrected chi connectivity index (χ3v) is 6.55. The van der Waals surface area contributed by atoms with E-state index in [1.807, 2.05) is 74.0 Å². The second kappa shape index (κ2) is 9.08. The Bertz CT molecular complexity index is 1340. The number of nitrogens with zero attached hydrogens (tertiary/aromatic N) is 4. The molecule has 1 amide bonds. The van der Waals surface area contributed by atoms with E-state index in [0.717, 1.165) is 16.6 Å². The Morgan fingerprint density at radius 2 is 1.91 bits per heavy atom. The first kappa shape index (κ1) is 22.0. The second-order valence-corrected chi connectivity index (χ2v) is 8.29. The highest BCUT2D eigenvalue weighted by Gasteiger charge is 2.20. The van der Waals surface area contributed by atoms with Gasteiger partial charge in [0.25, 0.3) is 5.56 Å². The molecule has 0 aliphatic carbocycles. The third-order valence-electron chi connectivity index (χ3n) is 5.59. The minimum Gasteiger partial charge on any atom is -0.497 e. The standard InChI is InChI=1S/C24H26N4O3S/c1-5-27(16-10-8-7-9-11-16)20(29)15-32-24-25-21-18-14-17(31-4)12-13-19(18)26(3)22(21)23(30)28(24)6-2/h7-14H,5-6,15H2,1-4H3. The molecular formula is C24H26N4O3S. The van der Waals surface area contributed by atoms with E-state index in [1.54, 1.807) is 16.6 Å². The maximum Gasteiger partial charge on any atom is 0.278 e. The van der Waals surface area contributed by atoms with E-state index >= 15 is 0 Å². The van der Waals surface area contributed by atoms with Crippen LogP contribution in [0.15, 0.2) is 58.5 Å². The highest BCUT2D eigenvalue weighted by atomic mass is 32.2. The number of aromatic nitrogens is 3. The zero-order valence-corrected chi connectivity index (χ0v) is 19.5. The lowest BCUT2D eigenvalue weighted by Gasteiger charge is -2.21. The minimum atomic E-state index is -0.111. The summed E-state index contributed by atoms with van der Waals surface area (Å²) >= 11 is 1.30. The van der Waals surface area contributed by atoms with E-state index in [0.29, 0.717) is 35.0 Å². The predicted octanol–water partition coefficient (Wildman–Crippen LogP) is 4.06. The largest absolute Gasteiger partial charge is 0.497 e. The Balaban J connectivity index is 1.74. The van der Waals surface area contributed by atoms with Gasteiger partial charge in [0, 0.05) is 31.2 Å². The van der Waals surface area contributed by atoms with Crippen molar-refractivity contribution in [3.8, 4) is 5.75 Å². The number of amides is 1. The van der Waals surface area contributed by atoms with Crippen molar-refractivity contribution in [3.63, 3.8) is 0 Å². The molecule has 0 unspecified atom stereocenters. The van der Waals surface area contributed by atoms with Crippen LogP contribution in [0.25, 0.3) is 21.9 Å². The maximum atomic E-state index is 13.3. The molecular weight excluding hydrogens is 424 g/mol. The predicted molar refractivity (Wildman–Crippen MR) is 130 cm³/mol. The summed E-state index contributed by atoms with van der Waals surface area (Å²) in [5.41, 5.74) is 2.83. The van der Waals surface area contributed by atoms with E-state index in [1.165, 1.54) is 11.8 Å². The van der Waals surface area contributed by atoms with Crippen LogP contribution in [0.1, 0.15) is 13.8 Å². The van der Waals surface area contributed by atoms with Crippen LogP contribution in [0.5, 0.6) is 5.75 Å². The number of fused-ring (bicyclic) bond motifs is 3. The molecule has 32 heavy (non-hydrogen) atoms. The number of hydrogen-bond donors (Lipinski definition) is 0. The molecule has 0 saturated heterocycles. The number of ether oxygens (including phenoxy) is 1. The van der Waals surface area contributed by atoms with Gasteiger partial charge in [-0.2, -0.15) is 0 Å². The molecule has 8 heteroatoms. The van der Waals surface area contributed by atoms with E-state index in [2.05, 4.69) is 0 Å². The van der Waals surface area contributed by atoms with Gasteiger partial charge in [-0.15, -0.1) is 0 Å². The third kappa shape index (κ3) is 3.75. The summed E-state index contributed by atoms with van der Waals surface area (Å²) in [6.45, 7) is 4.90. The molecule has 0 N–H and O–H groups in total. The molecule has 2 aromatic heterocycles. The Labute approximate surface area is 190 Å². The number of carbonyl (C=O) groups excluding carboxylic acids is 1. The van der Waals surface area contributed by atoms with Crippen LogP contribution in [0.4, 0.5) is 5.69 Å². The Morgan fingerprint density at radius 3 is 2.56 bits per heavy atom. The summed E-state index contributed by atoms with van der Waals surface area (Å²) < 4.78 is 8.88. The van der Waals surface area contributed by atoms with Crippen molar-refractivity contribution in [3.05, 3.63) is 58.9 Å². The molecule has 2 heterocycles. The Hall–Kier alpha value is -3.26. The second-order valence-electron chi connectivity index (χ2n) is 7.35. The van der Waals surface area contributed by atoms with Gasteiger partial charge in [0.2, 0.25) is 5.91 Å². The zero-order chi connectivity index (χ0) is 22.8. The number of thioether (sulfide) groups is 1. The number of hydrogen-bond acceptors (Lipinski definition) is 5. The summed E-state index contributed by atoms with van der Waals surface area (Å²) in [5.74, 6) is 0.868. The monoisotopic (exact) mass is 450 g/mol. The molecule has 0 fully saturated rings. The lowest BCUT2D eigenvalue weighted by atomic mass is 10.2. The van der Waals surface area contributed by atoms with Crippen molar-refractivity contribution in [2.75, 3.05) is 24.3 Å². The smallest absolute Gasteiger partial charge is 0.278 e. The number of para-hydroxylation sites is 1. The lowest BCUT2D eigenvalue weighted by Crippen LogP contribution is -2.32. The SMILES string of the molecule is CCN(C(=O)CSc1nc2c3cc(OC)ccc3n(C)c2c(=O)n1CC)c1ccccc1. The fourth-order valence-corrected chi connectivity index (χ4v) is 4.90. The minimum absolute atomic E-state index is 0.0275. The molecule has 4 rings (SSSR count). The molecule has 7 nitrogen and oxygen atoms in total. The van der Waals surface area contributed by atoms with Crippen LogP contribution in [0.3, 0.4) is 0 Å². The van der Waals surface area contributed by atoms with Crippen LogP contribution in [0.2, 0.25) is 0 Å². The molecule has 0 atom stereocenters. The lowest BCUT2D eigenvalue weighted by molar-refractivity contribution is -0.116. The number of rotatable bonds is 7. The molecule has 0 saturated carbocycles. The quantitative estimate of drug-likeness (QED) is 0.314. The molecule has 2 aromatic carbocycles. The fraction of sp³-hybridized carbons (Fsp3) is 0.292. The van der Waals surface area contributed by atoms with E-state index in [9.17, 15) is 9.59 Å². The molecule has 0 aliphatic heterocycles. The average molecular weight is 451 g/mol. The number of aryl methyl sites for hydroxylation is 1. The highest BCUT2D eigenvalue weighted by molar-refractivity contribution is 7.99. The number of methoxy groups -OCH3 is 1. The summed E-state index contributed by atoms with van der Waals surface area (Å²) in [4.78, 5) is 32.9. The van der Waals surface area contributed by atoms with Gasteiger partial charge in [-0.1, -0.05) is 30.0 Å². The van der Waals surface area contributed by atoms with Crippen LogP contribution in [-0.2, 0) is 18.4 Å². The molecule has 0 radical (unpaired) electrons. The van der Waals surface area contributed by atoms with Crippen LogP contribution in [-0.4, -0.2) is 39.4 Å². The van der Waals surface area contributed by atoms with Crippen molar-refractivity contribution >= 4 is 45.3 Å². The van der Waals surface area contributed by atoms with Crippen molar-refractivity contribution in [1.82, 2.24) is 14.1 Å². The van der Waals surface area contributed by atoms with Gasteiger partial charge in [-0.25, -0.2) is 4.98 Å². The fourth-order valence-electron chi connectivity index (χ4n) is 3.96. The molecule has 4 aromatic rings. The first-order chi connectivity index (χ1) is 15.5. The average Bonchev–Trinajstić information content (AvgIpc) is 3.10. The van der Waals surface area contributed by atoms with E-state index < -0.39 is 0 Å². The maximum absolute atomic E-state index is 13.3. The number of carbonyl (C=O) groups is 1. The first-order valence-corrected chi connectivity index (χ1v) is 11.5. The molecule has 0 aliphatic rings. The normalized spacial score (nSPS) is 11.2. The van der Waals surface area contributed by atoms with Crippen LogP contribution in [0, 0.1) is 0 Å². The van der Waals surface area contributed by atoms with Gasteiger partial charge in [0.1, 0.15) is 16.8 Å². The summed E-state index contributed by atoms with van der Waals surface area (Å²) in [6.07, 6.45) is 0. The van der Waals surface area contributed by atoms with Gasteiger partial charge in [-0.3, -0.25) is 14.2 Å². The zero-order valence-electron chi connectivity index (χ0n) is 18.7. The Kier molecular flexibility index (Phi) is 6.23. The molecule has 166 valence electrons. The topological polar surface area (TPSA) is 69.4 Å². The van der Waals surface area contributed by atoms with Gasteiger partial charge in [0.15, 0.2) is 5.16 Å². The first-order valence-electron chi connectivity index (χ1n) is 10.5. The highest BCUT2D eigenvalue weighted by Crippen LogP contribution is 2.30. The van der Waals surface area contributed by atoms with E-state index in [-0.39, 0.29) is 17.2 Å². The molecule has 0 bridgehead atoms. The summed E-state index contributed by atoms with van der Waals surface area (Å²) in [6, 6.07) is 15.3. The van der Waals surface area contributed by atoms with Gasteiger partial charge >= 0.3 is 0 Å². The Morgan fingerprint density at radius 1 is 1.16 bits per heavy atom. The van der Waals surface area contributed by atoms with Crippen LogP contribution < -0.4 is 15.2 Å². The summed E-state index contributed by atoms with van der Waals surface area (Å²) in [5, 5.41) is 1.40. The van der Waals surface area contributed by atoms with E-state index in [4.69, 9.17) is 9.72 Å². The van der Waals surface area contributed by atoms with Crippen molar-refractivity contribution in [2.24, 2.45) is 7.05 Å².